The van der Waals surface area contributed by atoms with Crippen molar-refractivity contribution >= 4 is 69.3 Å². The van der Waals surface area contributed by atoms with Crippen LogP contribution in [0.3, 0.4) is 0 Å². The molecule has 314 valence electrons. The van der Waals surface area contributed by atoms with Crippen LogP contribution in [0.15, 0.2) is 9.98 Å². The Balaban J connectivity index is 1.97. The molecular weight excluding hydrogens is 787 g/mol. The van der Waals surface area contributed by atoms with Gasteiger partial charge in [-0.3, -0.25) is 34.5 Å². The number of carbonyl (C=O) groups is 4. The van der Waals surface area contributed by atoms with Gasteiger partial charge in [0.1, 0.15) is 15.5 Å². The van der Waals surface area contributed by atoms with Crippen molar-refractivity contribution in [1.29, 1.82) is 0 Å². The first-order valence-electron chi connectivity index (χ1n) is 18.9. The molecule has 0 radical (unpaired) electrons. The van der Waals surface area contributed by atoms with Crippen LogP contribution in [0, 0.1) is 13.8 Å². The van der Waals surface area contributed by atoms with Crippen LogP contribution >= 0.6 is 34.0 Å². The van der Waals surface area contributed by atoms with Crippen molar-refractivity contribution in [1.82, 2.24) is 30.9 Å². The summed E-state index contributed by atoms with van der Waals surface area (Å²) in [7, 11) is 0. The van der Waals surface area contributed by atoms with E-state index in [1.54, 1.807) is 41.5 Å². The van der Waals surface area contributed by atoms with Crippen molar-refractivity contribution < 1.29 is 19.2 Å². The van der Waals surface area contributed by atoms with Gasteiger partial charge in [0.05, 0.1) is 66.2 Å². The summed E-state index contributed by atoms with van der Waals surface area (Å²) in [5, 5.41) is 11.4. The van der Waals surface area contributed by atoms with E-state index in [1.807, 2.05) is 13.8 Å². The van der Waals surface area contributed by atoms with Gasteiger partial charge in [-0.2, -0.15) is 0 Å². The Hall–Kier alpha value is -4.37. The molecule has 3 atom stereocenters. The smallest absolute Gasteiger partial charge is 0.263 e. The number of aromatic nitrogens is 3. The first-order chi connectivity index (χ1) is 26.6. The zero-order valence-corrected chi connectivity index (χ0v) is 36.8. The molecule has 0 unspecified atom stereocenters. The first kappa shape index (κ1) is 47.0. The third-order valence-electron chi connectivity index (χ3n) is 9.60. The number of guanidine groups is 2. The Kier molecular flexibility index (Phi) is 16.8. The van der Waals surface area contributed by atoms with Gasteiger partial charge in [-0.25, -0.2) is 15.0 Å². The summed E-state index contributed by atoms with van der Waals surface area (Å²) in [5.74, 6) is -1.19. The number of aliphatic imine (C=N–C) groups is 2. The largest absolute Gasteiger partial charge is 0.370 e. The maximum atomic E-state index is 14.1. The molecule has 0 aliphatic rings. The maximum absolute atomic E-state index is 14.1. The number of rotatable bonds is 22. The third kappa shape index (κ3) is 12.6. The second-order valence-corrected chi connectivity index (χ2v) is 18.0. The minimum atomic E-state index is -1.05. The molecule has 0 aliphatic heterocycles. The second kappa shape index (κ2) is 20.4. The van der Waals surface area contributed by atoms with Crippen LogP contribution < -0.4 is 44.6 Å². The van der Waals surface area contributed by atoms with E-state index in [9.17, 15) is 19.2 Å². The van der Waals surface area contributed by atoms with Crippen LogP contribution in [0.5, 0.6) is 0 Å². The molecule has 3 aromatic heterocycles. The SMILES string of the molecule is CCC(N)(CC)C(=O)c1sc(C)nc1[C@H](C)NC(=O)c1sc(CCCN=C(N)N)nc1[C@H](C)NC(=O)c1sc(C)nc1[C@H](CCCN=C(N)N)NC(C)(C)C(C)=O. The van der Waals surface area contributed by atoms with Gasteiger partial charge in [0.15, 0.2) is 17.7 Å². The summed E-state index contributed by atoms with van der Waals surface area (Å²) in [4.78, 5) is 77.8. The predicted octanol–water partition coefficient (Wildman–Crippen LogP) is 3.61. The van der Waals surface area contributed by atoms with Crippen molar-refractivity contribution in [2.24, 2.45) is 38.7 Å². The molecule has 2 amide bonds. The molecule has 20 heteroatoms. The lowest BCUT2D eigenvalue weighted by atomic mass is 9.87. The molecule has 3 rings (SSSR count). The highest BCUT2D eigenvalue weighted by Gasteiger charge is 2.36. The normalized spacial score (nSPS) is 13.4. The Morgan fingerprint density at radius 1 is 0.737 bits per heavy atom. The number of hydrogen-bond donors (Lipinski definition) is 8. The van der Waals surface area contributed by atoms with Crippen molar-refractivity contribution in [2.45, 2.75) is 130 Å². The maximum Gasteiger partial charge on any atom is 0.263 e. The highest BCUT2D eigenvalue weighted by molar-refractivity contribution is 7.14. The van der Waals surface area contributed by atoms with Crippen molar-refractivity contribution in [2.75, 3.05) is 13.1 Å². The van der Waals surface area contributed by atoms with Crippen LogP contribution in [0.25, 0.3) is 0 Å². The zero-order valence-electron chi connectivity index (χ0n) is 34.4. The third-order valence-corrected chi connectivity index (χ3v) is 12.7. The van der Waals surface area contributed by atoms with Crippen molar-refractivity contribution in [3.63, 3.8) is 0 Å². The van der Waals surface area contributed by atoms with Crippen LogP contribution in [0.1, 0.15) is 160 Å². The van der Waals surface area contributed by atoms with Gasteiger partial charge in [0.25, 0.3) is 11.8 Å². The number of nitrogens with one attached hydrogen (secondary N) is 3. The number of hydrogen-bond acceptors (Lipinski definition) is 14. The van der Waals surface area contributed by atoms with E-state index in [2.05, 4.69) is 30.9 Å². The minimum Gasteiger partial charge on any atom is -0.370 e. The molecule has 0 aliphatic carbocycles. The van der Waals surface area contributed by atoms with E-state index in [4.69, 9.17) is 38.6 Å². The summed E-state index contributed by atoms with van der Waals surface area (Å²) < 4.78 is 0. The first-order valence-corrected chi connectivity index (χ1v) is 21.4. The molecule has 0 saturated heterocycles. The minimum absolute atomic E-state index is 0.0196. The van der Waals surface area contributed by atoms with Gasteiger partial charge in [-0.05, 0) is 80.6 Å². The molecule has 17 nitrogen and oxygen atoms in total. The van der Waals surface area contributed by atoms with E-state index in [0.717, 1.165) is 0 Å². The number of thiazole rings is 3. The summed E-state index contributed by atoms with van der Waals surface area (Å²) >= 11 is 3.69. The summed E-state index contributed by atoms with van der Waals surface area (Å²) in [6.45, 7) is 16.7. The Bertz CT molecular complexity index is 1950. The number of amides is 2. The van der Waals surface area contributed by atoms with Gasteiger partial charge in [0.2, 0.25) is 0 Å². The summed E-state index contributed by atoms with van der Waals surface area (Å²) in [5.41, 5.74) is 27.9. The fraction of sp³-hybridized carbons (Fsp3) is 0.595. The Labute approximate surface area is 346 Å². The van der Waals surface area contributed by atoms with E-state index in [0.29, 0.717) is 98.4 Å². The van der Waals surface area contributed by atoms with E-state index in [1.165, 1.54) is 40.9 Å². The highest BCUT2D eigenvalue weighted by Crippen LogP contribution is 2.33. The number of nitrogens with zero attached hydrogens (tertiary/aromatic N) is 5. The van der Waals surface area contributed by atoms with Crippen LogP contribution in [0.2, 0.25) is 0 Å². The fourth-order valence-corrected chi connectivity index (χ4v) is 8.95. The second-order valence-electron chi connectivity index (χ2n) is 14.5. The van der Waals surface area contributed by atoms with Crippen molar-refractivity contribution in [3.05, 3.63) is 46.7 Å². The van der Waals surface area contributed by atoms with Crippen LogP contribution in [-0.2, 0) is 11.2 Å². The standard InChI is InChI=1S/C37H59N13O4S3/c1-10-37(42,11-2)31(52)28-25(47-21(6)55-28)18(3)45-32(53)29-26(49-24(57-29)15-13-17-44-35(40)41)19(4)46-33(54)30-27(48-22(7)56-30)23(14-12-16-43-34(38)39)50-36(8,9)20(5)51/h18-19,23,50H,10-17,42H2,1-9H3,(H,45,53)(H,46,54)(H4,38,39,43)(H4,40,41,44)/t18-,19-,23-/m0/s1. The summed E-state index contributed by atoms with van der Waals surface area (Å²) in [6, 6.07) is -1.86. The number of carbonyl (C=O) groups excluding carboxylic acids is 4. The molecule has 0 fully saturated rings. The quantitative estimate of drug-likeness (QED) is 0.0311. The molecule has 0 bridgehead atoms. The lowest BCUT2D eigenvalue weighted by Gasteiger charge is -2.29. The van der Waals surface area contributed by atoms with Crippen molar-refractivity contribution in [3.8, 4) is 0 Å². The molecule has 13 N–H and O–H groups in total. The summed E-state index contributed by atoms with van der Waals surface area (Å²) in [6.07, 6.45) is 2.99. The van der Waals surface area contributed by atoms with Gasteiger partial charge in [-0.1, -0.05) is 13.8 Å². The average Bonchev–Trinajstić information content (AvgIpc) is 3.87. The number of nitrogens with two attached hydrogens (primary N) is 5. The van der Waals surface area contributed by atoms with Gasteiger partial charge >= 0.3 is 0 Å². The fourth-order valence-electron chi connectivity index (χ4n) is 5.90. The van der Waals surface area contributed by atoms with E-state index >= 15 is 0 Å². The van der Waals surface area contributed by atoms with Gasteiger partial charge < -0.3 is 39.3 Å². The van der Waals surface area contributed by atoms with E-state index < -0.39 is 41.0 Å². The van der Waals surface area contributed by atoms with Gasteiger partial charge in [-0.15, -0.1) is 34.0 Å². The molecule has 3 heterocycles. The highest BCUT2D eigenvalue weighted by atomic mass is 32.1. The molecule has 0 aromatic carbocycles. The van der Waals surface area contributed by atoms with E-state index in [-0.39, 0.29) is 23.5 Å². The Morgan fingerprint density at radius 2 is 1.21 bits per heavy atom. The van der Waals surface area contributed by atoms with Crippen LogP contribution in [0.4, 0.5) is 0 Å². The lowest BCUT2D eigenvalue weighted by Crippen LogP contribution is -2.47. The van der Waals surface area contributed by atoms with Crippen LogP contribution in [-0.4, -0.2) is 74.4 Å². The molecule has 0 saturated carbocycles. The molecule has 3 aromatic rings. The molecule has 57 heavy (non-hydrogen) atoms. The number of ketones is 2. The zero-order chi connectivity index (χ0) is 42.8. The molecule has 0 spiro atoms. The topological polar surface area (TPSA) is 298 Å². The monoisotopic (exact) mass is 845 g/mol. The number of aryl methyl sites for hydroxylation is 3. The lowest BCUT2D eigenvalue weighted by molar-refractivity contribution is -0.122. The predicted molar refractivity (Wildman–Crippen MR) is 229 cm³/mol. The molecular formula is C37H59N13O4S3. The Morgan fingerprint density at radius 3 is 1.72 bits per heavy atom. The van der Waals surface area contributed by atoms with Gasteiger partial charge in [0, 0.05) is 19.5 Å². The average molecular weight is 846 g/mol. The number of Topliss-reactive ketones (excluding diaryl/α,β-unsaturated/α-hetero) is 2.